The molecule has 2 heterocycles. The molecule has 0 bridgehead atoms. The number of nitrogens with zero attached hydrogens (tertiary/aromatic N) is 3. The van der Waals surface area contributed by atoms with E-state index in [1.54, 1.807) is 6.33 Å². The highest BCUT2D eigenvalue weighted by molar-refractivity contribution is 5.98. The van der Waals surface area contributed by atoms with E-state index in [9.17, 15) is 4.79 Å². The summed E-state index contributed by atoms with van der Waals surface area (Å²) < 4.78 is 1.96. The summed E-state index contributed by atoms with van der Waals surface area (Å²) in [6.07, 6.45) is 1.77. The van der Waals surface area contributed by atoms with E-state index in [2.05, 4.69) is 36.2 Å². The number of hydrogen-bond acceptors (Lipinski definition) is 2. The molecular formula is C19H19N3O. The smallest absolute Gasteiger partial charge is 0.253 e. The molecule has 23 heavy (non-hydrogen) atoms. The van der Waals surface area contributed by atoms with Crippen molar-refractivity contribution in [1.29, 1.82) is 0 Å². The van der Waals surface area contributed by atoms with E-state index in [1.807, 2.05) is 40.8 Å². The summed E-state index contributed by atoms with van der Waals surface area (Å²) in [4.78, 5) is 18.9. The largest absolute Gasteiger partial charge is 0.337 e. The molecule has 0 spiro atoms. The highest BCUT2D eigenvalue weighted by atomic mass is 16.2. The molecule has 1 aliphatic heterocycles. The first-order chi connectivity index (χ1) is 11.1. The first-order valence-electron chi connectivity index (χ1n) is 7.83. The molecule has 3 aromatic rings. The van der Waals surface area contributed by atoms with E-state index in [1.165, 1.54) is 5.56 Å². The van der Waals surface area contributed by atoms with Gasteiger partial charge in [0, 0.05) is 31.1 Å². The molecule has 0 unspecified atom stereocenters. The zero-order valence-electron chi connectivity index (χ0n) is 13.4. The molecular weight excluding hydrogens is 286 g/mol. The van der Waals surface area contributed by atoms with Crippen molar-refractivity contribution in [2.45, 2.75) is 12.3 Å². The van der Waals surface area contributed by atoms with E-state index in [-0.39, 0.29) is 11.3 Å². The van der Waals surface area contributed by atoms with Crippen LogP contribution in [0, 0.1) is 0 Å². The van der Waals surface area contributed by atoms with Crippen LogP contribution in [0.25, 0.3) is 11.0 Å². The van der Waals surface area contributed by atoms with E-state index in [0.29, 0.717) is 5.56 Å². The lowest BCUT2D eigenvalue weighted by Crippen LogP contribution is -2.59. The molecule has 1 saturated heterocycles. The summed E-state index contributed by atoms with van der Waals surface area (Å²) in [6, 6.07) is 16.2. The lowest BCUT2D eigenvalue weighted by atomic mass is 9.75. The Morgan fingerprint density at radius 1 is 1.13 bits per heavy atom. The van der Waals surface area contributed by atoms with Gasteiger partial charge >= 0.3 is 0 Å². The molecule has 4 heteroatoms. The van der Waals surface area contributed by atoms with Crippen LogP contribution in [0.15, 0.2) is 54.9 Å². The lowest BCUT2D eigenvalue weighted by Gasteiger charge is -2.48. The minimum atomic E-state index is 0.0615. The fourth-order valence-electron chi connectivity index (χ4n) is 3.41. The topological polar surface area (TPSA) is 38.1 Å². The third kappa shape index (κ3) is 2.22. The van der Waals surface area contributed by atoms with Crippen molar-refractivity contribution in [2.24, 2.45) is 7.05 Å². The molecule has 0 N–H and O–H groups in total. The number of likely N-dealkylation sites (tertiary alicyclic amines) is 1. The molecule has 1 aromatic heterocycles. The lowest BCUT2D eigenvalue weighted by molar-refractivity contribution is 0.0433. The van der Waals surface area contributed by atoms with Gasteiger partial charge in [0.05, 0.1) is 17.4 Å². The maximum absolute atomic E-state index is 12.7. The summed E-state index contributed by atoms with van der Waals surface area (Å²) in [7, 11) is 1.96. The van der Waals surface area contributed by atoms with Gasteiger partial charge in [-0.05, 0) is 23.8 Å². The minimum Gasteiger partial charge on any atom is -0.337 e. The van der Waals surface area contributed by atoms with Crippen LogP contribution in [0.5, 0.6) is 0 Å². The number of amides is 1. The van der Waals surface area contributed by atoms with Crippen LogP contribution in [0.4, 0.5) is 0 Å². The van der Waals surface area contributed by atoms with Crippen molar-refractivity contribution in [1.82, 2.24) is 14.5 Å². The van der Waals surface area contributed by atoms with Crippen LogP contribution >= 0.6 is 0 Å². The maximum atomic E-state index is 12.7. The second kappa shape index (κ2) is 4.95. The number of hydrogen-bond donors (Lipinski definition) is 0. The van der Waals surface area contributed by atoms with E-state index in [0.717, 1.165) is 24.1 Å². The third-order valence-electron chi connectivity index (χ3n) is 4.81. The van der Waals surface area contributed by atoms with Crippen LogP contribution in [-0.4, -0.2) is 33.4 Å². The average molecular weight is 305 g/mol. The molecule has 1 amide bonds. The van der Waals surface area contributed by atoms with Gasteiger partial charge in [0.1, 0.15) is 0 Å². The molecule has 1 aliphatic rings. The third-order valence-corrected chi connectivity index (χ3v) is 4.81. The molecule has 4 nitrogen and oxygen atoms in total. The fraction of sp³-hybridized carbons (Fsp3) is 0.263. The molecule has 0 atom stereocenters. The number of aromatic nitrogens is 2. The van der Waals surface area contributed by atoms with Gasteiger partial charge in [-0.2, -0.15) is 0 Å². The Bertz CT molecular complexity index is 876. The molecule has 4 rings (SSSR count). The van der Waals surface area contributed by atoms with E-state index >= 15 is 0 Å². The predicted octanol–water partition coefficient (Wildman–Crippen LogP) is 2.99. The average Bonchev–Trinajstić information content (AvgIpc) is 2.93. The van der Waals surface area contributed by atoms with Gasteiger partial charge in [0.15, 0.2) is 0 Å². The fourth-order valence-corrected chi connectivity index (χ4v) is 3.41. The van der Waals surface area contributed by atoms with Crippen molar-refractivity contribution in [3.05, 3.63) is 66.0 Å². The van der Waals surface area contributed by atoms with Crippen molar-refractivity contribution in [2.75, 3.05) is 13.1 Å². The van der Waals surface area contributed by atoms with Gasteiger partial charge in [0.2, 0.25) is 0 Å². The van der Waals surface area contributed by atoms with Crippen LogP contribution in [0.3, 0.4) is 0 Å². The van der Waals surface area contributed by atoms with Gasteiger partial charge in [-0.1, -0.05) is 37.3 Å². The Labute approximate surface area is 135 Å². The molecule has 116 valence electrons. The van der Waals surface area contributed by atoms with Crippen LogP contribution < -0.4 is 0 Å². The van der Waals surface area contributed by atoms with Gasteiger partial charge in [0.25, 0.3) is 5.91 Å². The second-order valence-electron chi connectivity index (χ2n) is 6.65. The standard InChI is InChI=1S/C19H19N3O/c1-19(15-6-4-3-5-7-15)11-22(12-19)18(23)14-8-9-17-16(10-14)20-13-21(17)2/h3-10,13H,11-12H2,1-2H3. The highest BCUT2D eigenvalue weighted by Crippen LogP contribution is 2.35. The van der Waals surface area contributed by atoms with Crippen molar-refractivity contribution in [3.8, 4) is 0 Å². The Hall–Kier alpha value is -2.62. The van der Waals surface area contributed by atoms with E-state index in [4.69, 9.17) is 0 Å². The molecule has 0 radical (unpaired) electrons. The predicted molar refractivity (Wildman–Crippen MR) is 90.4 cm³/mol. The maximum Gasteiger partial charge on any atom is 0.253 e. The Balaban J connectivity index is 1.54. The van der Waals surface area contributed by atoms with Gasteiger partial charge < -0.3 is 9.47 Å². The summed E-state index contributed by atoms with van der Waals surface area (Å²) >= 11 is 0. The zero-order valence-corrected chi connectivity index (χ0v) is 13.4. The normalized spacial score (nSPS) is 16.3. The van der Waals surface area contributed by atoms with Crippen LogP contribution in [0.2, 0.25) is 0 Å². The van der Waals surface area contributed by atoms with Crippen LogP contribution in [0.1, 0.15) is 22.8 Å². The summed E-state index contributed by atoms with van der Waals surface area (Å²) in [5.74, 6) is 0.0889. The molecule has 0 saturated carbocycles. The van der Waals surface area contributed by atoms with Gasteiger partial charge in [-0.3, -0.25) is 4.79 Å². The first kappa shape index (κ1) is 14.0. The number of carbonyl (C=O) groups excluding carboxylic acids is 1. The number of imidazole rings is 1. The molecule has 1 fully saturated rings. The van der Waals surface area contributed by atoms with Crippen molar-refractivity contribution >= 4 is 16.9 Å². The number of carbonyl (C=O) groups is 1. The minimum absolute atomic E-state index is 0.0615. The highest BCUT2D eigenvalue weighted by Gasteiger charge is 2.42. The van der Waals surface area contributed by atoms with E-state index < -0.39 is 0 Å². The van der Waals surface area contributed by atoms with Crippen molar-refractivity contribution < 1.29 is 4.79 Å². The van der Waals surface area contributed by atoms with Crippen molar-refractivity contribution in [3.63, 3.8) is 0 Å². The SMILES string of the molecule is Cn1cnc2cc(C(=O)N3CC(C)(c4ccccc4)C3)ccc21. The second-order valence-corrected chi connectivity index (χ2v) is 6.65. The first-order valence-corrected chi connectivity index (χ1v) is 7.83. The Kier molecular flexibility index (Phi) is 3.01. The quantitative estimate of drug-likeness (QED) is 0.730. The zero-order chi connectivity index (χ0) is 16.0. The number of aryl methyl sites for hydroxylation is 1. The van der Waals surface area contributed by atoms with Crippen LogP contribution in [-0.2, 0) is 12.5 Å². The Morgan fingerprint density at radius 3 is 2.61 bits per heavy atom. The number of benzene rings is 2. The number of fused-ring (bicyclic) bond motifs is 1. The number of rotatable bonds is 2. The summed E-state index contributed by atoms with van der Waals surface area (Å²) in [5.41, 5.74) is 3.98. The molecule has 0 aliphatic carbocycles. The summed E-state index contributed by atoms with van der Waals surface area (Å²) in [5, 5.41) is 0. The van der Waals surface area contributed by atoms with Gasteiger partial charge in [-0.15, -0.1) is 0 Å². The monoisotopic (exact) mass is 305 g/mol. The molecule has 2 aromatic carbocycles. The Morgan fingerprint density at radius 2 is 1.87 bits per heavy atom. The summed E-state index contributed by atoms with van der Waals surface area (Å²) in [6.45, 7) is 3.74. The van der Waals surface area contributed by atoms with Gasteiger partial charge in [-0.25, -0.2) is 4.98 Å².